The van der Waals surface area contributed by atoms with Gasteiger partial charge in [0.25, 0.3) is 0 Å². The van der Waals surface area contributed by atoms with E-state index in [-0.39, 0.29) is 36.6 Å². The molecule has 0 aromatic carbocycles. The maximum atomic E-state index is 14.4. The molecular formula is C27H45F3N4O4S. The summed E-state index contributed by atoms with van der Waals surface area (Å²) in [5.74, 6) is -1.61. The molecule has 0 aromatic rings. The van der Waals surface area contributed by atoms with E-state index in [1.54, 1.807) is 7.11 Å². The Labute approximate surface area is 230 Å². The molecule has 39 heavy (non-hydrogen) atoms. The van der Waals surface area contributed by atoms with Crippen molar-refractivity contribution in [1.82, 2.24) is 20.4 Å². The fourth-order valence-electron chi connectivity index (χ4n) is 8.40. The summed E-state index contributed by atoms with van der Waals surface area (Å²) in [7, 11) is -0.183. The lowest BCUT2D eigenvalue weighted by molar-refractivity contribution is -0.203. The number of nitrogens with one attached hydrogen (secondary N) is 2. The van der Waals surface area contributed by atoms with Crippen LogP contribution < -0.4 is 10.6 Å². The summed E-state index contributed by atoms with van der Waals surface area (Å²) in [6.45, 7) is 1.90. The van der Waals surface area contributed by atoms with Crippen molar-refractivity contribution in [3.8, 4) is 0 Å². The maximum absolute atomic E-state index is 14.4. The topological polar surface area (TPSA) is 91.0 Å². The second-order valence-electron chi connectivity index (χ2n) is 12.6. The first kappa shape index (κ1) is 29.5. The van der Waals surface area contributed by atoms with Crippen LogP contribution in [-0.2, 0) is 19.4 Å². The van der Waals surface area contributed by atoms with E-state index < -0.39 is 39.8 Å². The Morgan fingerprint density at radius 1 is 1.03 bits per heavy atom. The van der Waals surface area contributed by atoms with Crippen LogP contribution in [0.3, 0.4) is 0 Å². The number of methoxy groups -OCH3 is 1. The molecular weight excluding hydrogens is 533 g/mol. The number of fused-ring (bicyclic) bond motifs is 3. The first-order valence-corrected chi connectivity index (χ1v) is 16.6. The molecule has 0 bridgehead atoms. The SMILES string of the molecule is COC1CCC2NCC3C(CCCN3C3CCC([C@H](N(C)C(=O)C4CCS(=O)(=O)CC4)C(F)(F)F)CC3)C2N1. The zero-order valence-corrected chi connectivity index (χ0v) is 24.0. The molecule has 0 spiro atoms. The molecule has 1 amide bonds. The quantitative estimate of drug-likeness (QED) is 0.518. The van der Waals surface area contributed by atoms with Crippen molar-refractivity contribution in [3.05, 3.63) is 0 Å². The van der Waals surface area contributed by atoms with E-state index >= 15 is 0 Å². The van der Waals surface area contributed by atoms with Gasteiger partial charge < -0.3 is 15.0 Å². The average molecular weight is 579 g/mol. The third-order valence-electron chi connectivity index (χ3n) is 10.4. The van der Waals surface area contributed by atoms with Gasteiger partial charge in [0.2, 0.25) is 5.91 Å². The monoisotopic (exact) mass is 578 g/mol. The van der Waals surface area contributed by atoms with Gasteiger partial charge in [0, 0.05) is 50.8 Å². The van der Waals surface area contributed by atoms with Crippen molar-refractivity contribution < 1.29 is 31.1 Å². The summed E-state index contributed by atoms with van der Waals surface area (Å²) in [6.07, 6.45) is 2.38. The number of alkyl halides is 3. The summed E-state index contributed by atoms with van der Waals surface area (Å²) in [5.41, 5.74) is 0. The number of piperidine rings is 3. The third kappa shape index (κ3) is 6.29. The van der Waals surface area contributed by atoms with E-state index in [2.05, 4.69) is 15.5 Å². The van der Waals surface area contributed by atoms with Gasteiger partial charge in [-0.2, -0.15) is 13.2 Å². The molecule has 6 atom stereocenters. The molecule has 0 aromatic heterocycles. The number of hydrogen-bond donors (Lipinski definition) is 2. The number of nitrogens with zero attached hydrogens (tertiary/aromatic N) is 2. The minimum Gasteiger partial charge on any atom is -0.367 e. The van der Waals surface area contributed by atoms with E-state index in [9.17, 15) is 26.4 Å². The number of hydrogen-bond acceptors (Lipinski definition) is 7. The first-order valence-electron chi connectivity index (χ1n) is 14.8. The average Bonchev–Trinajstić information content (AvgIpc) is 2.91. The number of carbonyl (C=O) groups is 1. The molecule has 8 nitrogen and oxygen atoms in total. The van der Waals surface area contributed by atoms with Gasteiger partial charge >= 0.3 is 6.18 Å². The molecule has 4 aliphatic heterocycles. The zero-order valence-electron chi connectivity index (χ0n) is 23.2. The fourth-order valence-corrected chi connectivity index (χ4v) is 9.89. The van der Waals surface area contributed by atoms with E-state index in [1.807, 2.05) is 0 Å². The Hall–Kier alpha value is -0.950. The van der Waals surface area contributed by atoms with Gasteiger partial charge in [0.05, 0.1) is 11.5 Å². The van der Waals surface area contributed by atoms with Crippen LogP contribution in [0.15, 0.2) is 0 Å². The number of halogens is 3. The third-order valence-corrected chi connectivity index (χ3v) is 12.1. The van der Waals surface area contributed by atoms with Gasteiger partial charge in [-0.25, -0.2) is 8.42 Å². The molecule has 4 saturated heterocycles. The van der Waals surface area contributed by atoms with Crippen molar-refractivity contribution in [2.75, 3.05) is 38.8 Å². The molecule has 2 N–H and O–H groups in total. The van der Waals surface area contributed by atoms with Gasteiger partial charge in [-0.05, 0) is 82.6 Å². The molecule has 1 saturated carbocycles. The van der Waals surface area contributed by atoms with Crippen molar-refractivity contribution in [3.63, 3.8) is 0 Å². The van der Waals surface area contributed by atoms with E-state index in [0.29, 0.717) is 49.7 Å². The lowest BCUT2D eigenvalue weighted by atomic mass is 9.73. The highest BCUT2D eigenvalue weighted by Gasteiger charge is 2.52. The zero-order chi connectivity index (χ0) is 27.9. The smallest absolute Gasteiger partial charge is 0.367 e. The number of rotatable bonds is 5. The number of sulfone groups is 1. The second-order valence-corrected chi connectivity index (χ2v) is 14.9. The number of amides is 1. The summed E-state index contributed by atoms with van der Waals surface area (Å²) in [6, 6.07) is -0.403. The van der Waals surface area contributed by atoms with Crippen LogP contribution in [0.25, 0.3) is 0 Å². The van der Waals surface area contributed by atoms with Crippen molar-refractivity contribution in [2.45, 2.75) is 107 Å². The molecule has 5 rings (SSSR count). The number of carbonyl (C=O) groups excluding carboxylic acids is 1. The van der Waals surface area contributed by atoms with Crippen LogP contribution in [0.2, 0.25) is 0 Å². The predicted octanol–water partition coefficient (Wildman–Crippen LogP) is 2.54. The minimum absolute atomic E-state index is 0.0784. The first-order chi connectivity index (χ1) is 18.5. The summed E-state index contributed by atoms with van der Waals surface area (Å²) < 4.78 is 72.2. The standard InChI is InChI=1S/C27H45F3N4O4S/c1-33(26(35)18-11-14-39(36,37)15-12-18)25(27(28,29)30)17-5-7-19(8-6-17)34-13-3-4-20-22(34)16-31-21-9-10-23(38-2)32-24(20)21/h17-25,31-32H,3-16H2,1-2H3/t17?,19?,20?,21?,22?,23?,24?,25-/m0/s1. The summed E-state index contributed by atoms with van der Waals surface area (Å²) in [4.78, 5) is 16.5. The molecule has 0 radical (unpaired) electrons. The van der Waals surface area contributed by atoms with Crippen molar-refractivity contribution >= 4 is 15.7 Å². The highest BCUT2D eigenvalue weighted by molar-refractivity contribution is 7.91. The largest absolute Gasteiger partial charge is 0.409 e. The molecule has 5 aliphatic rings. The Kier molecular flexibility index (Phi) is 8.89. The fraction of sp³-hybridized carbons (Fsp3) is 0.963. The Bertz CT molecular complexity index is 961. The Balaban J connectivity index is 1.22. The predicted molar refractivity (Wildman–Crippen MR) is 142 cm³/mol. The van der Waals surface area contributed by atoms with Crippen LogP contribution in [0.1, 0.15) is 64.2 Å². The van der Waals surface area contributed by atoms with E-state index in [0.717, 1.165) is 43.7 Å². The normalized spacial score (nSPS) is 38.8. The molecule has 224 valence electrons. The van der Waals surface area contributed by atoms with Crippen LogP contribution in [0.5, 0.6) is 0 Å². The number of ether oxygens (including phenoxy) is 1. The molecule has 5 unspecified atom stereocenters. The lowest BCUT2D eigenvalue weighted by Gasteiger charge is -2.55. The summed E-state index contributed by atoms with van der Waals surface area (Å²) in [5, 5.41) is 7.47. The van der Waals surface area contributed by atoms with E-state index in [1.165, 1.54) is 7.05 Å². The number of likely N-dealkylation sites (tertiary alicyclic amines) is 1. The van der Waals surface area contributed by atoms with Gasteiger partial charge in [-0.15, -0.1) is 0 Å². The van der Waals surface area contributed by atoms with Gasteiger partial charge in [0.1, 0.15) is 22.1 Å². The Morgan fingerprint density at radius 3 is 2.36 bits per heavy atom. The van der Waals surface area contributed by atoms with Gasteiger partial charge in [-0.3, -0.25) is 15.0 Å². The van der Waals surface area contributed by atoms with Crippen LogP contribution in [-0.4, -0.2) is 105 Å². The molecule has 12 heteroatoms. The summed E-state index contributed by atoms with van der Waals surface area (Å²) >= 11 is 0. The molecule has 4 heterocycles. The maximum Gasteiger partial charge on any atom is 0.409 e. The Morgan fingerprint density at radius 2 is 1.72 bits per heavy atom. The second kappa shape index (κ2) is 11.7. The minimum atomic E-state index is -4.52. The highest BCUT2D eigenvalue weighted by Crippen LogP contribution is 2.42. The van der Waals surface area contributed by atoms with Crippen molar-refractivity contribution in [2.24, 2.45) is 17.8 Å². The molecule has 1 aliphatic carbocycles. The van der Waals surface area contributed by atoms with Crippen LogP contribution in [0, 0.1) is 17.8 Å². The lowest BCUT2D eigenvalue weighted by Crippen LogP contribution is -2.71. The van der Waals surface area contributed by atoms with Crippen LogP contribution in [0.4, 0.5) is 13.2 Å². The highest BCUT2D eigenvalue weighted by atomic mass is 32.2. The van der Waals surface area contributed by atoms with Crippen molar-refractivity contribution in [1.29, 1.82) is 0 Å². The van der Waals surface area contributed by atoms with Gasteiger partial charge in [-0.1, -0.05) is 0 Å². The van der Waals surface area contributed by atoms with Gasteiger partial charge in [0.15, 0.2) is 0 Å². The van der Waals surface area contributed by atoms with Crippen LogP contribution >= 0.6 is 0 Å². The molecule has 5 fully saturated rings. The van der Waals surface area contributed by atoms with E-state index in [4.69, 9.17) is 4.74 Å².